The number of rotatable bonds is 6. The second-order valence-corrected chi connectivity index (χ2v) is 6.27. The fraction of sp³-hybridized carbons (Fsp3) is 0.727. The number of aryl methyl sites for hydroxylation is 2. The molecule has 0 saturated heterocycles. The third kappa shape index (κ3) is 3.09. The molecule has 0 bridgehead atoms. The van der Waals surface area contributed by atoms with Crippen LogP contribution in [0.2, 0.25) is 0 Å². The van der Waals surface area contributed by atoms with Crippen molar-refractivity contribution < 1.29 is 8.42 Å². The second kappa shape index (κ2) is 5.38. The number of hydrogen-bond acceptors (Lipinski definition) is 4. The minimum atomic E-state index is -3.62. The first-order chi connectivity index (χ1) is 8.28. The van der Waals surface area contributed by atoms with Gasteiger partial charge >= 0.3 is 0 Å². The van der Waals surface area contributed by atoms with Crippen LogP contribution in [-0.2, 0) is 16.6 Å². The van der Waals surface area contributed by atoms with Gasteiger partial charge in [-0.3, -0.25) is 0 Å². The predicted octanol–water partition coefficient (Wildman–Crippen LogP) is 0.617. The lowest BCUT2D eigenvalue weighted by Gasteiger charge is -2.26. The lowest BCUT2D eigenvalue weighted by molar-refractivity contribution is 0.410. The quantitative estimate of drug-likeness (QED) is 0.795. The Bertz CT molecular complexity index is 503. The Labute approximate surface area is 109 Å². The van der Waals surface area contributed by atoms with Crippen LogP contribution in [0, 0.1) is 6.92 Å². The zero-order chi connectivity index (χ0) is 14.0. The van der Waals surface area contributed by atoms with E-state index in [2.05, 4.69) is 9.71 Å². The van der Waals surface area contributed by atoms with E-state index in [1.165, 1.54) is 0 Å². The molecule has 1 aromatic heterocycles. The number of imidazole rings is 1. The largest absolute Gasteiger partial charge is 0.334 e. The van der Waals surface area contributed by atoms with Crippen LogP contribution in [0.1, 0.15) is 33.0 Å². The zero-order valence-corrected chi connectivity index (χ0v) is 12.2. The molecule has 1 atom stereocenters. The highest BCUT2D eigenvalue weighted by Crippen LogP contribution is 2.15. The van der Waals surface area contributed by atoms with Gasteiger partial charge in [0, 0.05) is 24.8 Å². The molecule has 3 N–H and O–H groups in total. The average Bonchev–Trinajstić information content (AvgIpc) is 2.70. The van der Waals surface area contributed by atoms with Gasteiger partial charge in [-0.25, -0.2) is 18.1 Å². The highest BCUT2D eigenvalue weighted by Gasteiger charge is 2.29. The van der Waals surface area contributed by atoms with Gasteiger partial charge in [-0.1, -0.05) is 6.92 Å². The van der Waals surface area contributed by atoms with E-state index < -0.39 is 15.6 Å². The van der Waals surface area contributed by atoms with Gasteiger partial charge in [0.25, 0.3) is 10.0 Å². The highest BCUT2D eigenvalue weighted by atomic mass is 32.2. The number of sulfonamides is 1. The molecule has 0 radical (unpaired) electrons. The molecule has 1 aromatic rings. The van der Waals surface area contributed by atoms with E-state index in [4.69, 9.17) is 5.73 Å². The first-order valence-corrected chi connectivity index (χ1v) is 7.54. The lowest BCUT2D eigenvalue weighted by Crippen LogP contribution is -2.50. The SMILES string of the molecule is CCn1cc(S(=O)(=O)NC(C)(CC)CN)nc1C. The van der Waals surface area contributed by atoms with E-state index in [1.807, 2.05) is 13.8 Å². The molecule has 0 aliphatic carbocycles. The summed E-state index contributed by atoms with van der Waals surface area (Å²) in [6, 6.07) is 0. The van der Waals surface area contributed by atoms with Gasteiger partial charge in [0.05, 0.1) is 0 Å². The maximum atomic E-state index is 12.2. The van der Waals surface area contributed by atoms with E-state index in [0.29, 0.717) is 18.8 Å². The van der Waals surface area contributed by atoms with Gasteiger partial charge in [0.15, 0.2) is 5.03 Å². The topological polar surface area (TPSA) is 90.0 Å². The second-order valence-electron chi connectivity index (χ2n) is 4.64. The molecular weight excluding hydrogens is 252 g/mol. The number of hydrogen-bond donors (Lipinski definition) is 2. The van der Waals surface area contributed by atoms with Crippen LogP contribution < -0.4 is 10.5 Å². The molecule has 7 heteroatoms. The fourth-order valence-corrected chi connectivity index (χ4v) is 3.06. The highest BCUT2D eigenvalue weighted by molar-refractivity contribution is 7.89. The Hall–Kier alpha value is -0.920. The van der Waals surface area contributed by atoms with Crippen molar-refractivity contribution in [1.82, 2.24) is 14.3 Å². The summed E-state index contributed by atoms with van der Waals surface area (Å²) in [5.74, 6) is 0.684. The van der Waals surface area contributed by atoms with Crippen molar-refractivity contribution in [3.8, 4) is 0 Å². The molecular formula is C11H22N4O2S. The van der Waals surface area contributed by atoms with Gasteiger partial charge in [0.1, 0.15) is 5.82 Å². The summed E-state index contributed by atoms with van der Waals surface area (Å²) in [5.41, 5.74) is 4.98. The Morgan fingerprint density at radius 3 is 2.50 bits per heavy atom. The van der Waals surface area contributed by atoms with E-state index >= 15 is 0 Å². The molecule has 104 valence electrons. The number of nitrogens with one attached hydrogen (secondary N) is 1. The smallest absolute Gasteiger partial charge is 0.260 e. The summed E-state index contributed by atoms with van der Waals surface area (Å²) in [7, 11) is -3.62. The minimum Gasteiger partial charge on any atom is -0.334 e. The Balaban J connectivity index is 3.06. The molecule has 0 saturated carbocycles. The van der Waals surface area contributed by atoms with Crippen molar-refractivity contribution in [3.63, 3.8) is 0 Å². The molecule has 0 fully saturated rings. The zero-order valence-electron chi connectivity index (χ0n) is 11.4. The van der Waals surface area contributed by atoms with Crippen molar-refractivity contribution in [3.05, 3.63) is 12.0 Å². The predicted molar refractivity (Wildman–Crippen MR) is 70.7 cm³/mol. The van der Waals surface area contributed by atoms with E-state index in [1.54, 1.807) is 24.6 Å². The summed E-state index contributed by atoms with van der Waals surface area (Å²) in [6.07, 6.45) is 2.17. The van der Waals surface area contributed by atoms with Crippen molar-refractivity contribution in [2.75, 3.05) is 6.54 Å². The molecule has 0 aliphatic heterocycles. The first kappa shape index (κ1) is 15.1. The van der Waals surface area contributed by atoms with Crippen molar-refractivity contribution in [2.45, 2.75) is 51.2 Å². The van der Waals surface area contributed by atoms with Crippen molar-refractivity contribution >= 4 is 10.0 Å². The van der Waals surface area contributed by atoms with Gasteiger partial charge in [0.2, 0.25) is 0 Å². The average molecular weight is 274 g/mol. The molecule has 1 unspecified atom stereocenters. The fourth-order valence-electron chi connectivity index (χ4n) is 1.56. The summed E-state index contributed by atoms with van der Waals surface area (Å²) >= 11 is 0. The van der Waals surface area contributed by atoms with Crippen LogP contribution in [0.5, 0.6) is 0 Å². The molecule has 0 aromatic carbocycles. The van der Waals surface area contributed by atoms with Crippen LogP contribution in [-0.4, -0.2) is 30.1 Å². The molecule has 0 aliphatic rings. The number of nitrogens with zero attached hydrogens (tertiary/aromatic N) is 2. The molecule has 0 spiro atoms. The summed E-state index contributed by atoms with van der Waals surface area (Å²) < 4.78 is 28.8. The van der Waals surface area contributed by atoms with Crippen LogP contribution >= 0.6 is 0 Å². The van der Waals surface area contributed by atoms with E-state index in [9.17, 15) is 8.42 Å². The van der Waals surface area contributed by atoms with Crippen LogP contribution in [0.15, 0.2) is 11.2 Å². The van der Waals surface area contributed by atoms with Crippen LogP contribution in [0.25, 0.3) is 0 Å². The molecule has 18 heavy (non-hydrogen) atoms. The summed E-state index contributed by atoms with van der Waals surface area (Å²) in [6.45, 7) is 8.34. The van der Waals surface area contributed by atoms with Gasteiger partial charge in [-0.05, 0) is 27.2 Å². The van der Waals surface area contributed by atoms with E-state index in [0.717, 1.165) is 0 Å². The standard InChI is InChI=1S/C11H22N4O2S/c1-5-11(4,8-12)14-18(16,17)10-7-15(6-2)9(3)13-10/h7,14H,5-6,8,12H2,1-4H3. The Kier molecular flexibility index (Phi) is 4.52. The van der Waals surface area contributed by atoms with Crippen LogP contribution in [0.4, 0.5) is 0 Å². The number of aromatic nitrogens is 2. The Morgan fingerprint density at radius 2 is 2.11 bits per heavy atom. The van der Waals surface area contributed by atoms with E-state index in [-0.39, 0.29) is 11.6 Å². The maximum absolute atomic E-state index is 12.2. The first-order valence-electron chi connectivity index (χ1n) is 6.06. The molecule has 1 rings (SSSR count). The third-order valence-electron chi connectivity index (χ3n) is 3.18. The summed E-state index contributed by atoms with van der Waals surface area (Å²) in [4.78, 5) is 4.08. The van der Waals surface area contributed by atoms with Crippen molar-refractivity contribution in [2.24, 2.45) is 5.73 Å². The normalized spacial score (nSPS) is 15.6. The molecule has 6 nitrogen and oxygen atoms in total. The van der Waals surface area contributed by atoms with Gasteiger partial charge in [-0.2, -0.15) is 0 Å². The molecule has 0 amide bonds. The van der Waals surface area contributed by atoms with Crippen molar-refractivity contribution in [1.29, 1.82) is 0 Å². The van der Waals surface area contributed by atoms with Crippen LogP contribution in [0.3, 0.4) is 0 Å². The maximum Gasteiger partial charge on any atom is 0.260 e. The lowest BCUT2D eigenvalue weighted by atomic mass is 10.0. The van der Waals surface area contributed by atoms with Gasteiger partial charge in [-0.15, -0.1) is 0 Å². The minimum absolute atomic E-state index is 0.0509. The monoisotopic (exact) mass is 274 g/mol. The summed E-state index contributed by atoms with van der Waals surface area (Å²) in [5, 5.41) is 0.0509. The molecule has 1 heterocycles. The third-order valence-corrected chi connectivity index (χ3v) is 4.69. The number of nitrogens with two attached hydrogens (primary N) is 1. The Morgan fingerprint density at radius 1 is 1.50 bits per heavy atom. The van der Waals surface area contributed by atoms with Gasteiger partial charge < -0.3 is 10.3 Å².